The smallest absolute Gasteiger partial charge is 0.244 e. The average Bonchev–Trinajstić information content (AvgIpc) is 2.47. The first-order valence-electron chi connectivity index (χ1n) is 7.75. The van der Waals surface area contributed by atoms with Crippen molar-refractivity contribution in [3.05, 3.63) is 18.3 Å². The summed E-state index contributed by atoms with van der Waals surface area (Å²) < 4.78 is 32.0. The van der Waals surface area contributed by atoms with E-state index in [1.54, 1.807) is 12.1 Å². The first-order valence-corrected chi connectivity index (χ1v) is 9.19. The molecule has 0 amide bonds. The van der Waals surface area contributed by atoms with Crippen LogP contribution in [0.25, 0.3) is 0 Å². The molecule has 0 unspecified atom stereocenters. The lowest BCUT2D eigenvalue weighted by Gasteiger charge is -2.36. The Morgan fingerprint density at radius 3 is 2.27 bits per heavy atom. The Morgan fingerprint density at radius 1 is 1.23 bits per heavy atom. The molecule has 0 N–H and O–H groups in total. The van der Waals surface area contributed by atoms with E-state index in [1.807, 2.05) is 27.7 Å². The second-order valence-electron chi connectivity index (χ2n) is 5.60. The molecular formula is C15H25N3O3S. The Labute approximate surface area is 133 Å². The zero-order valence-electron chi connectivity index (χ0n) is 13.7. The molecule has 1 aromatic rings. The first kappa shape index (κ1) is 17.2. The normalized spacial score (nSPS) is 23.0. The van der Waals surface area contributed by atoms with Gasteiger partial charge in [0.15, 0.2) is 0 Å². The zero-order chi connectivity index (χ0) is 16.3. The number of morpholine rings is 1. The fourth-order valence-electron chi connectivity index (χ4n) is 2.79. The molecule has 1 fully saturated rings. The molecule has 0 bridgehead atoms. The molecule has 1 aliphatic heterocycles. The van der Waals surface area contributed by atoms with Crippen LogP contribution in [0.5, 0.6) is 0 Å². The average molecular weight is 327 g/mol. The molecule has 1 aromatic heterocycles. The Morgan fingerprint density at radius 2 is 1.82 bits per heavy atom. The number of hydrogen-bond donors (Lipinski definition) is 0. The highest BCUT2D eigenvalue weighted by molar-refractivity contribution is 7.89. The standard InChI is InChI=1S/C15H25N3O3S/c1-5-18(6-2)22(19,20)14-7-8-15(16-9-14)17-10-12(3)21-13(4)11-17/h7-9,12-13H,5-6,10-11H2,1-4H3/t12-,13+. The molecule has 7 heteroatoms. The maximum atomic E-state index is 12.4. The Kier molecular flexibility index (Phi) is 5.41. The van der Waals surface area contributed by atoms with Crippen LogP contribution in [0.3, 0.4) is 0 Å². The highest BCUT2D eigenvalue weighted by atomic mass is 32.2. The van der Waals surface area contributed by atoms with Gasteiger partial charge in [0.2, 0.25) is 10.0 Å². The van der Waals surface area contributed by atoms with Crippen molar-refractivity contribution in [3.63, 3.8) is 0 Å². The molecule has 0 radical (unpaired) electrons. The number of aromatic nitrogens is 1. The van der Waals surface area contributed by atoms with Crippen LogP contribution >= 0.6 is 0 Å². The molecule has 1 aliphatic rings. The van der Waals surface area contributed by atoms with Crippen molar-refractivity contribution < 1.29 is 13.2 Å². The van der Waals surface area contributed by atoms with E-state index >= 15 is 0 Å². The van der Waals surface area contributed by atoms with Crippen molar-refractivity contribution in [1.29, 1.82) is 0 Å². The summed E-state index contributed by atoms with van der Waals surface area (Å²) in [5, 5.41) is 0. The number of sulfonamides is 1. The van der Waals surface area contributed by atoms with Gasteiger partial charge in [-0.3, -0.25) is 0 Å². The Hall–Kier alpha value is -1.18. The van der Waals surface area contributed by atoms with Gasteiger partial charge >= 0.3 is 0 Å². The van der Waals surface area contributed by atoms with Crippen molar-refractivity contribution >= 4 is 15.8 Å². The van der Waals surface area contributed by atoms with Crippen LogP contribution in [0.4, 0.5) is 5.82 Å². The molecule has 2 rings (SSSR count). The molecule has 22 heavy (non-hydrogen) atoms. The van der Waals surface area contributed by atoms with Crippen LogP contribution in [-0.4, -0.2) is 56.1 Å². The molecular weight excluding hydrogens is 302 g/mol. The fourth-order valence-corrected chi connectivity index (χ4v) is 4.19. The molecule has 0 aromatic carbocycles. The summed E-state index contributed by atoms with van der Waals surface area (Å²) >= 11 is 0. The lowest BCUT2D eigenvalue weighted by Crippen LogP contribution is -2.45. The van der Waals surface area contributed by atoms with E-state index in [0.717, 1.165) is 18.9 Å². The lowest BCUT2D eigenvalue weighted by molar-refractivity contribution is -0.00546. The van der Waals surface area contributed by atoms with Crippen molar-refractivity contribution in [3.8, 4) is 0 Å². The van der Waals surface area contributed by atoms with Crippen molar-refractivity contribution in [2.24, 2.45) is 0 Å². The van der Waals surface area contributed by atoms with Gasteiger partial charge in [0.1, 0.15) is 10.7 Å². The third-order valence-electron chi connectivity index (χ3n) is 3.81. The van der Waals surface area contributed by atoms with Gasteiger partial charge in [-0.2, -0.15) is 4.31 Å². The second-order valence-corrected chi connectivity index (χ2v) is 7.54. The molecule has 0 saturated carbocycles. The SMILES string of the molecule is CCN(CC)S(=O)(=O)c1ccc(N2C[C@@H](C)O[C@@H](C)C2)nc1. The van der Waals surface area contributed by atoms with Crippen LogP contribution in [0, 0.1) is 0 Å². The van der Waals surface area contributed by atoms with E-state index in [9.17, 15) is 8.42 Å². The quantitative estimate of drug-likeness (QED) is 0.824. The minimum atomic E-state index is -3.44. The van der Waals surface area contributed by atoms with E-state index in [4.69, 9.17) is 4.74 Å². The van der Waals surface area contributed by atoms with Crippen LogP contribution < -0.4 is 4.90 Å². The second kappa shape index (κ2) is 6.93. The summed E-state index contributed by atoms with van der Waals surface area (Å²) in [6.45, 7) is 10.2. The summed E-state index contributed by atoms with van der Waals surface area (Å²) in [6.07, 6.45) is 1.74. The van der Waals surface area contributed by atoms with Gasteiger partial charge in [-0.05, 0) is 26.0 Å². The summed E-state index contributed by atoms with van der Waals surface area (Å²) in [7, 11) is -3.44. The third kappa shape index (κ3) is 3.59. The van der Waals surface area contributed by atoms with Crippen LogP contribution in [0.2, 0.25) is 0 Å². The summed E-state index contributed by atoms with van der Waals surface area (Å²) in [5.74, 6) is 0.792. The monoisotopic (exact) mass is 327 g/mol. The summed E-state index contributed by atoms with van der Waals surface area (Å²) in [6, 6.07) is 3.42. The van der Waals surface area contributed by atoms with Crippen LogP contribution in [0.1, 0.15) is 27.7 Å². The minimum absolute atomic E-state index is 0.143. The molecule has 1 saturated heterocycles. The van der Waals surface area contributed by atoms with Crippen molar-refractivity contribution in [2.45, 2.75) is 44.8 Å². The van der Waals surface area contributed by atoms with Gasteiger partial charge < -0.3 is 9.64 Å². The first-order chi connectivity index (χ1) is 10.4. The number of anilines is 1. The predicted molar refractivity (Wildman–Crippen MR) is 86.6 cm³/mol. The minimum Gasteiger partial charge on any atom is -0.372 e. The zero-order valence-corrected chi connectivity index (χ0v) is 14.5. The van der Waals surface area contributed by atoms with Gasteiger partial charge in [-0.15, -0.1) is 0 Å². The molecule has 2 atom stereocenters. The number of nitrogens with zero attached hydrogens (tertiary/aromatic N) is 3. The van der Waals surface area contributed by atoms with Gasteiger partial charge in [0, 0.05) is 32.4 Å². The number of ether oxygens (including phenoxy) is 1. The lowest BCUT2D eigenvalue weighted by atomic mass is 10.2. The predicted octanol–water partition coefficient (Wildman–Crippen LogP) is 1.73. The van der Waals surface area contributed by atoms with E-state index in [0.29, 0.717) is 13.1 Å². The van der Waals surface area contributed by atoms with E-state index < -0.39 is 10.0 Å². The van der Waals surface area contributed by atoms with Gasteiger partial charge in [-0.1, -0.05) is 13.8 Å². The largest absolute Gasteiger partial charge is 0.372 e. The molecule has 6 nitrogen and oxygen atoms in total. The highest BCUT2D eigenvalue weighted by Crippen LogP contribution is 2.21. The number of pyridine rings is 1. The molecule has 2 heterocycles. The summed E-state index contributed by atoms with van der Waals surface area (Å²) in [5.41, 5.74) is 0. The Balaban J connectivity index is 2.20. The van der Waals surface area contributed by atoms with E-state index in [-0.39, 0.29) is 17.1 Å². The number of hydrogen-bond acceptors (Lipinski definition) is 5. The third-order valence-corrected chi connectivity index (χ3v) is 5.84. The molecule has 124 valence electrons. The van der Waals surface area contributed by atoms with Gasteiger partial charge in [0.25, 0.3) is 0 Å². The van der Waals surface area contributed by atoms with Crippen molar-refractivity contribution in [2.75, 3.05) is 31.1 Å². The van der Waals surface area contributed by atoms with Gasteiger partial charge in [0.05, 0.1) is 12.2 Å². The van der Waals surface area contributed by atoms with Crippen LogP contribution in [-0.2, 0) is 14.8 Å². The van der Waals surface area contributed by atoms with E-state index in [1.165, 1.54) is 10.5 Å². The van der Waals surface area contributed by atoms with Gasteiger partial charge in [-0.25, -0.2) is 13.4 Å². The van der Waals surface area contributed by atoms with Crippen LogP contribution in [0.15, 0.2) is 23.2 Å². The van der Waals surface area contributed by atoms with Crippen molar-refractivity contribution in [1.82, 2.24) is 9.29 Å². The topological polar surface area (TPSA) is 62.7 Å². The Bertz CT molecular complexity index is 575. The maximum absolute atomic E-state index is 12.4. The molecule has 0 aliphatic carbocycles. The van der Waals surface area contributed by atoms with E-state index in [2.05, 4.69) is 9.88 Å². The highest BCUT2D eigenvalue weighted by Gasteiger charge is 2.25. The fraction of sp³-hybridized carbons (Fsp3) is 0.667. The summed E-state index contributed by atoms with van der Waals surface area (Å²) in [4.78, 5) is 6.73. The molecule has 0 spiro atoms. The number of rotatable bonds is 5. The maximum Gasteiger partial charge on any atom is 0.244 e.